The van der Waals surface area contributed by atoms with E-state index in [4.69, 9.17) is 19.6 Å². The lowest BCUT2D eigenvalue weighted by atomic mass is 10.1. The SMILES string of the molecule is CCCCCCCCOOC(OCCCCCCCC)C(O)CO. The van der Waals surface area contributed by atoms with Crippen LogP contribution in [-0.4, -0.2) is 42.4 Å². The minimum atomic E-state index is -1.07. The quantitative estimate of drug-likeness (QED) is 0.157. The van der Waals surface area contributed by atoms with Gasteiger partial charge in [-0.3, -0.25) is 0 Å². The molecular weight excluding hydrogens is 308 g/mol. The number of aliphatic hydroxyl groups excluding tert-OH is 2. The topological polar surface area (TPSA) is 68.2 Å². The van der Waals surface area contributed by atoms with Crippen molar-refractivity contribution in [3.63, 3.8) is 0 Å². The van der Waals surface area contributed by atoms with Gasteiger partial charge in [-0.05, 0) is 12.8 Å². The summed E-state index contributed by atoms with van der Waals surface area (Å²) in [6.07, 6.45) is 12.1. The summed E-state index contributed by atoms with van der Waals surface area (Å²) >= 11 is 0. The highest BCUT2D eigenvalue weighted by molar-refractivity contribution is 4.57. The molecule has 2 N–H and O–H groups in total. The van der Waals surface area contributed by atoms with Gasteiger partial charge in [0.15, 0.2) is 0 Å². The fourth-order valence-corrected chi connectivity index (χ4v) is 2.43. The van der Waals surface area contributed by atoms with E-state index in [1.165, 1.54) is 51.4 Å². The lowest BCUT2D eigenvalue weighted by Gasteiger charge is -2.21. The van der Waals surface area contributed by atoms with E-state index in [2.05, 4.69) is 13.8 Å². The Bertz CT molecular complexity index is 238. The minimum absolute atomic E-state index is 0.401. The fourth-order valence-electron chi connectivity index (χ4n) is 2.43. The van der Waals surface area contributed by atoms with Crippen LogP contribution in [0.2, 0.25) is 0 Å². The Labute approximate surface area is 148 Å². The van der Waals surface area contributed by atoms with Gasteiger partial charge in [-0.1, -0.05) is 78.1 Å². The highest BCUT2D eigenvalue weighted by atomic mass is 17.2. The number of hydrogen-bond acceptors (Lipinski definition) is 5. The van der Waals surface area contributed by atoms with Gasteiger partial charge in [0.2, 0.25) is 6.29 Å². The third-order valence-electron chi connectivity index (χ3n) is 4.03. The van der Waals surface area contributed by atoms with Crippen LogP contribution in [0.5, 0.6) is 0 Å². The van der Waals surface area contributed by atoms with Crippen molar-refractivity contribution in [1.82, 2.24) is 0 Å². The van der Waals surface area contributed by atoms with Crippen molar-refractivity contribution < 1.29 is 24.7 Å². The lowest BCUT2D eigenvalue weighted by Crippen LogP contribution is -2.35. The third-order valence-corrected chi connectivity index (χ3v) is 4.03. The standard InChI is InChI=1S/C19H40O5/c1-3-5-7-9-11-13-15-22-19(18(21)17-20)24-23-16-14-12-10-8-6-4-2/h18-21H,3-17H2,1-2H3. The van der Waals surface area contributed by atoms with Gasteiger partial charge in [-0.15, -0.1) is 0 Å². The lowest BCUT2D eigenvalue weighted by molar-refractivity contribution is -0.396. The molecule has 0 saturated carbocycles. The molecule has 0 aromatic carbocycles. The summed E-state index contributed by atoms with van der Waals surface area (Å²) in [6, 6.07) is 0. The van der Waals surface area contributed by atoms with E-state index in [1.807, 2.05) is 0 Å². The predicted octanol–water partition coefficient (Wildman–Crippen LogP) is 4.35. The highest BCUT2D eigenvalue weighted by Crippen LogP contribution is 2.09. The van der Waals surface area contributed by atoms with Crippen LogP contribution in [0.25, 0.3) is 0 Å². The maximum atomic E-state index is 9.71. The molecule has 0 radical (unpaired) electrons. The fraction of sp³-hybridized carbons (Fsp3) is 1.00. The van der Waals surface area contributed by atoms with Crippen molar-refractivity contribution in [3.05, 3.63) is 0 Å². The molecule has 5 heteroatoms. The first-order chi connectivity index (χ1) is 11.8. The summed E-state index contributed by atoms with van der Waals surface area (Å²) < 4.78 is 5.50. The number of ether oxygens (including phenoxy) is 1. The van der Waals surface area contributed by atoms with Crippen molar-refractivity contribution in [2.24, 2.45) is 0 Å². The monoisotopic (exact) mass is 348 g/mol. The average molecular weight is 349 g/mol. The summed E-state index contributed by atoms with van der Waals surface area (Å²) in [6.45, 7) is 5.00. The molecule has 0 fully saturated rings. The second-order valence-corrected chi connectivity index (χ2v) is 6.44. The van der Waals surface area contributed by atoms with Crippen molar-refractivity contribution in [3.8, 4) is 0 Å². The number of aliphatic hydroxyl groups is 2. The predicted molar refractivity (Wildman–Crippen MR) is 96.6 cm³/mol. The molecular formula is C19H40O5. The molecule has 0 aliphatic rings. The zero-order valence-electron chi connectivity index (χ0n) is 15.9. The molecule has 0 saturated heterocycles. The van der Waals surface area contributed by atoms with Gasteiger partial charge in [0.05, 0.1) is 13.2 Å². The first-order valence-electron chi connectivity index (χ1n) is 9.95. The molecule has 0 aliphatic carbocycles. The van der Waals surface area contributed by atoms with E-state index >= 15 is 0 Å². The van der Waals surface area contributed by atoms with Crippen LogP contribution in [-0.2, 0) is 14.5 Å². The Balaban J connectivity index is 3.63. The molecule has 0 bridgehead atoms. The van der Waals surface area contributed by atoms with E-state index in [-0.39, 0.29) is 0 Å². The van der Waals surface area contributed by atoms with Gasteiger partial charge >= 0.3 is 0 Å². The van der Waals surface area contributed by atoms with Crippen LogP contribution < -0.4 is 0 Å². The number of hydrogen-bond donors (Lipinski definition) is 2. The van der Waals surface area contributed by atoms with Crippen LogP contribution >= 0.6 is 0 Å². The van der Waals surface area contributed by atoms with Gasteiger partial charge in [0, 0.05) is 6.61 Å². The second-order valence-electron chi connectivity index (χ2n) is 6.44. The van der Waals surface area contributed by atoms with Gasteiger partial charge < -0.3 is 14.9 Å². The van der Waals surface area contributed by atoms with E-state index in [1.54, 1.807) is 0 Å². The van der Waals surface area contributed by atoms with Crippen LogP contribution in [0.3, 0.4) is 0 Å². The van der Waals surface area contributed by atoms with Crippen molar-refractivity contribution in [2.75, 3.05) is 19.8 Å². The molecule has 5 nitrogen and oxygen atoms in total. The Morgan fingerprint density at radius 2 is 1.21 bits per heavy atom. The highest BCUT2D eigenvalue weighted by Gasteiger charge is 2.21. The second kappa shape index (κ2) is 19.1. The van der Waals surface area contributed by atoms with E-state index in [0.29, 0.717) is 13.2 Å². The van der Waals surface area contributed by atoms with Crippen molar-refractivity contribution in [1.29, 1.82) is 0 Å². The van der Waals surface area contributed by atoms with Gasteiger partial charge in [0.25, 0.3) is 0 Å². The minimum Gasteiger partial charge on any atom is -0.393 e. The normalized spacial score (nSPS) is 14.0. The first-order valence-corrected chi connectivity index (χ1v) is 9.95. The van der Waals surface area contributed by atoms with Gasteiger partial charge in [-0.25, -0.2) is 9.78 Å². The zero-order valence-corrected chi connectivity index (χ0v) is 15.9. The smallest absolute Gasteiger partial charge is 0.219 e. The van der Waals surface area contributed by atoms with Crippen LogP contribution in [0.4, 0.5) is 0 Å². The maximum absolute atomic E-state index is 9.71. The van der Waals surface area contributed by atoms with E-state index in [0.717, 1.165) is 25.7 Å². The number of rotatable bonds is 19. The first kappa shape index (κ1) is 23.8. The third kappa shape index (κ3) is 15.3. The molecule has 0 heterocycles. The molecule has 24 heavy (non-hydrogen) atoms. The molecule has 0 aromatic rings. The molecule has 0 spiro atoms. The number of unbranched alkanes of at least 4 members (excludes halogenated alkanes) is 10. The molecule has 0 aromatic heterocycles. The summed E-state index contributed by atoms with van der Waals surface area (Å²) in [7, 11) is 0. The molecule has 0 amide bonds. The summed E-state index contributed by atoms with van der Waals surface area (Å²) in [5.41, 5.74) is 0. The van der Waals surface area contributed by atoms with Gasteiger partial charge in [0.1, 0.15) is 6.10 Å². The molecule has 0 rings (SSSR count). The summed E-state index contributed by atoms with van der Waals surface area (Å²) in [4.78, 5) is 10.3. The van der Waals surface area contributed by atoms with Crippen LogP contribution in [0.1, 0.15) is 90.9 Å². The molecule has 2 unspecified atom stereocenters. The summed E-state index contributed by atoms with van der Waals surface area (Å²) in [5.74, 6) is 0. The Morgan fingerprint density at radius 1 is 0.708 bits per heavy atom. The Kier molecular flexibility index (Phi) is 19.0. The average Bonchev–Trinajstić information content (AvgIpc) is 2.60. The van der Waals surface area contributed by atoms with Crippen LogP contribution in [0.15, 0.2) is 0 Å². The molecule has 2 atom stereocenters. The van der Waals surface area contributed by atoms with E-state index in [9.17, 15) is 5.11 Å². The Hall–Kier alpha value is -0.200. The molecule has 0 aliphatic heterocycles. The van der Waals surface area contributed by atoms with Gasteiger partial charge in [-0.2, -0.15) is 0 Å². The van der Waals surface area contributed by atoms with E-state index < -0.39 is 19.0 Å². The zero-order chi connectivity index (χ0) is 17.9. The maximum Gasteiger partial charge on any atom is 0.219 e. The largest absolute Gasteiger partial charge is 0.393 e. The van der Waals surface area contributed by atoms with Crippen molar-refractivity contribution in [2.45, 2.75) is 103 Å². The molecule has 146 valence electrons. The summed E-state index contributed by atoms with van der Waals surface area (Å²) in [5, 5.41) is 18.8. The van der Waals surface area contributed by atoms with Crippen molar-refractivity contribution >= 4 is 0 Å². The van der Waals surface area contributed by atoms with Crippen LogP contribution in [0, 0.1) is 0 Å². The Morgan fingerprint density at radius 3 is 1.75 bits per heavy atom.